The molecule has 9 nitrogen and oxygen atoms in total. The summed E-state index contributed by atoms with van der Waals surface area (Å²) in [4.78, 5) is 20.9. The molecule has 0 saturated heterocycles. The average Bonchev–Trinajstić information content (AvgIpc) is 3.34. The minimum atomic E-state index is -0.394. The van der Waals surface area contributed by atoms with Crippen molar-refractivity contribution >= 4 is 22.9 Å². The van der Waals surface area contributed by atoms with Crippen molar-refractivity contribution in [1.29, 1.82) is 0 Å². The number of carbonyl (C=O) groups excluding carboxylic acids is 1. The molecule has 1 saturated carbocycles. The van der Waals surface area contributed by atoms with Crippen molar-refractivity contribution in [3.05, 3.63) is 72.7 Å². The Morgan fingerprint density at radius 1 is 1.05 bits per heavy atom. The fourth-order valence-corrected chi connectivity index (χ4v) is 5.02. The predicted molar refractivity (Wildman–Crippen MR) is 146 cm³/mol. The molecule has 5 rings (SSSR count). The zero-order valence-corrected chi connectivity index (χ0v) is 21.5. The Labute approximate surface area is 221 Å². The fourth-order valence-electron chi connectivity index (χ4n) is 5.02. The first-order valence-corrected chi connectivity index (χ1v) is 12.9. The molecule has 2 aromatic carbocycles. The highest BCUT2D eigenvalue weighted by atomic mass is 16.6. The lowest BCUT2D eigenvalue weighted by molar-refractivity contribution is 0.0945. The predicted octanol–water partition coefficient (Wildman–Crippen LogP) is 5.12. The molecule has 1 aliphatic rings. The fraction of sp³-hybridized carbons (Fsp3) is 0.345. The summed E-state index contributed by atoms with van der Waals surface area (Å²) in [7, 11) is 1.58. The lowest BCUT2D eigenvalue weighted by atomic mass is 9.91. The number of nitrogens with one attached hydrogen (secondary N) is 1. The minimum absolute atomic E-state index is 0.0840. The molecule has 0 atom stereocenters. The van der Waals surface area contributed by atoms with Crippen LogP contribution in [0.4, 0.5) is 10.6 Å². The number of nitrogen functional groups attached to an aromatic ring is 1. The van der Waals surface area contributed by atoms with E-state index >= 15 is 0 Å². The molecule has 2 heterocycles. The van der Waals surface area contributed by atoms with Crippen LogP contribution in [0.5, 0.6) is 5.75 Å². The summed E-state index contributed by atoms with van der Waals surface area (Å²) in [6.07, 6.45) is 6.75. The summed E-state index contributed by atoms with van der Waals surface area (Å²) < 4.78 is 18.4. The lowest BCUT2D eigenvalue weighted by Gasteiger charge is -2.30. The number of aromatic nitrogens is 3. The highest BCUT2D eigenvalue weighted by Crippen LogP contribution is 2.38. The maximum Gasteiger partial charge on any atom is 0.407 e. The number of methoxy groups -OCH3 is 1. The van der Waals surface area contributed by atoms with Crippen molar-refractivity contribution in [2.75, 3.05) is 26.1 Å². The number of rotatable bonds is 9. The number of carbonyl (C=O) groups is 1. The van der Waals surface area contributed by atoms with Crippen LogP contribution in [0, 0.1) is 0 Å². The van der Waals surface area contributed by atoms with Crippen LogP contribution in [0.1, 0.15) is 37.3 Å². The first kappa shape index (κ1) is 25.5. The van der Waals surface area contributed by atoms with Crippen molar-refractivity contribution in [1.82, 2.24) is 19.9 Å². The SMILES string of the molecule is COCCOC(=O)NC1CCC(n2cc(-c3cccc(OCc4ccccc4)c3)c3c(N)ncnc32)CC1. The summed E-state index contributed by atoms with van der Waals surface area (Å²) in [5.41, 5.74) is 10.3. The van der Waals surface area contributed by atoms with Gasteiger partial charge >= 0.3 is 6.09 Å². The van der Waals surface area contributed by atoms with E-state index in [1.807, 2.05) is 48.5 Å². The number of fused-ring (bicyclic) bond motifs is 1. The molecule has 3 N–H and O–H groups in total. The van der Waals surface area contributed by atoms with Gasteiger partial charge in [-0.05, 0) is 48.9 Å². The van der Waals surface area contributed by atoms with Gasteiger partial charge in [-0.15, -0.1) is 0 Å². The Morgan fingerprint density at radius 3 is 2.66 bits per heavy atom. The third-order valence-corrected chi connectivity index (χ3v) is 6.96. The van der Waals surface area contributed by atoms with E-state index in [9.17, 15) is 4.79 Å². The van der Waals surface area contributed by atoms with E-state index < -0.39 is 6.09 Å². The number of nitrogens with two attached hydrogens (primary N) is 1. The second-order valence-electron chi connectivity index (χ2n) is 9.49. The van der Waals surface area contributed by atoms with Gasteiger partial charge in [0.1, 0.15) is 36.8 Å². The van der Waals surface area contributed by atoms with Crippen LogP contribution in [0.25, 0.3) is 22.2 Å². The monoisotopic (exact) mass is 515 g/mol. The smallest absolute Gasteiger partial charge is 0.407 e. The Hall–Kier alpha value is -4.11. The van der Waals surface area contributed by atoms with E-state index in [-0.39, 0.29) is 18.7 Å². The standard InChI is InChI=1S/C29H33N5O4/c1-36-14-15-37-29(35)33-22-10-12-23(13-11-22)34-17-25(26-27(30)31-19-32-28(26)34)21-8-5-9-24(16-21)38-18-20-6-3-2-4-7-20/h2-9,16-17,19,22-23H,10-15,18H2,1H3,(H,33,35)(H2,30,31,32). The molecule has 1 amide bonds. The van der Waals surface area contributed by atoms with Gasteiger partial charge in [0.05, 0.1) is 12.0 Å². The van der Waals surface area contributed by atoms with Crippen molar-refractivity contribution < 1.29 is 19.0 Å². The normalized spacial score (nSPS) is 17.3. The first-order chi connectivity index (χ1) is 18.6. The van der Waals surface area contributed by atoms with Crippen molar-refractivity contribution in [2.24, 2.45) is 0 Å². The molecule has 0 unspecified atom stereocenters. The number of hydrogen-bond acceptors (Lipinski definition) is 7. The van der Waals surface area contributed by atoms with Gasteiger partial charge in [-0.25, -0.2) is 14.8 Å². The summed E-state index contributed by atoms with van der Waals surface area (Å²) in [6.45, 7) is 1.13. The Balaban J connectivity index is 1.33. The van der Waals surface area contributed by atoms with Crippen LogP contribution < -0.4 is 15.8 Å². The molecule has 198 valence electrons. The molecular formula is C29H33N5O4. The third kappa shape index (κ3) is 5.89. The summed E-state index contributed by atoms with van der Waals surface area (Å²) >= 11 is 0. The molecule has 38 heavy (non-hydrogen) atoms. The highest BCUT2D eigenvalue weighted by molar-refractivity contribution is 6.00. The molecule has 0 radical (unpaired) electrons. The van der Waals surface area contributed by atoms with Gasteiger partial charge in [-0.1, -0.05) is 42.5 Å². The van der Waals surface area contributed by atoms with Gasteiger partial charge in [0, 0.05) is 31.0 Å². The van der Waals surface area contributed by atoms with Gasteiger partial charge in [0.25, 0.3) is 0 Å². The zero-order valence-electron chi connectivity index (χ0n) is 21.5. The number of benzene rings is 2. The number of anilines is 1. The number of hydrogen-bond donors (Lipinski definition) is 2. The maximum atomic E-state index is 12.0. The second kappa shape index (κ2) is 12.0. The molecule has 1 fully saturated rings. The van der Waals surface area contributed by atoms with Gasteiger partial charge in [-0.2, -0.15) is 0 Å². The second-order valence-corrected chi connectivity index (χ2v) is 9.49. The maximum absolute atomic E-state index is 12.0. The summed E-state index contributed by atoms with van der Waals surface area (Å²) in [5.74, 6) is 1.24. The summed E-state index contributed by atoms with van der Waals surface area (Å²) in [5, 5.41) is 3.81. The van der Waals surface area contributed by atoms with Crippen LogP contribution in [-0.2, 0) is 16.1 Å². The molecule has 0 bridgehead atoms. The largest absolute Gasteiger partial charge is 0.489 e. The zero-order chi connectivity index (χ0) is 26.3. The Bertz CT molecular complexity index is 1370. The van der Waals surface area contributed by atoms with E-state index in [0.29, 0.717) is 19.0 Å². The molecule has 4 aromatic rings. The minimum Gasteiger partial charge on any atom is -0.489 e. The third-order valence-electron chi connectivity index (χ3n) is 6.96. The van der Waals surface area contributed by atoms with E-state index in [1.165, 1.54) is 6.33 Å². The van der Waals surface area contributed by atoms with Crippen molar-refractivity contribution in [3.63, 3.8) is 0 Å². The molecule has 9 heteroatoms. The van der Waals surface area contributed by atoms with Gasteiger partial charge in [0.15, 0.2) is 0 Å². The number of amides is 1. The van der Waals surface area contributed by atoms with E-state index in [2.05, 4.69) is 32.1 Å². The molecule has 2 aromatic heterocycles. The van der Waals surface area contributed by atoms with Crippen molar-refractivity contribution in [2.45, 2.75) is 44.4 Å². The van der Waals surface area contributed by atoms with Crippen LogP contribution in [0.15, 0.2) is 67.1 Å². The first-order valence-electron chi connectivity index (χ1n) is 12.9. The summed E-state index contributed by atoms with van der Waals surface area (Å²) in [6, 6.07) is 18.4. The van der Waals surface area contributed by atoms with Gasteiger partial charge in [0.2, 0.25) is 0 Å². The molecule has 0 spiro atoms. The Morgan fingerprint density at radius 2 is 1.87 bits per heavy atom. The highest BCUT2D eigenvalue weighted by Gasteiger charge is 2.27. The van der Waals surface area contributed by atoms with Gasteiger partial charge < -0.3 is 29.8 Å². The lowest BCUT2D eigenvalue weighted by Crippen LogP contribution is -2.38. The van der Waals surface area contributed by atoms with E-state index in [4.69, 9.17) is 19.9 Å². The van der Waals surface area contributed by atoms with Gasteiger partial charge in [-0.3, -0.25) is 0 Å². The topological polar surface area (TPSA) is 114 Å². The Kier molecular flexibility index (Phi) is 8.04. The average molecular weight is 516 g/mol. The van der Waals surface area contributed by atoms with Crippen molar-refractivity contribution in [3.8, 4) is 16.9 Å². The molecule has 0 aliphatic heterocycles. The molecular weight excluding hydrogens is 482 g/mol. The molecule has 1 aliphatic carbocycles. The number of nitrogens with zero attached hydrogens (tertiary/aromatic N) is 3. The number of ether oxygens (including phenoxy) is 3. The van der Waals surface area contributed by atoms with Crippen LogP contribution in [-0.4, -0.2) is 47.0 Å². The quantitative estimate of drug-likeness (QED) is 0.298. The van der Waals surface area contributed by atoms with E-state index in [1.54, 1.807) is 7.11 Å². The van der Waals surface area contributed by atoms with E-state index in [0.717, 1.165) is 59.2 Å². The van der Waals surface area contributed by atoms with Crippen LogP contribution in [0.3, 0.4) is 0 Å². The number of alkyl carbamates (subject to hydrolysis) is 1. The van der Waals surface area contributed by atoms with Crippen LogP contribution in [0.2, 0.25) is 0 Å². The van der Waals surface area contributed by atoms with Crippen LogP contribution >= 0.6 is 0 Å².